The van der Waals surface area contributed by atoms with Gasteiger partial charge in [0.1, 0.15) is 5.69 Å². The molecular weight excluding hydrogens is 292 g/mol. The molecule has 0 fully saturated rings. The molecule has 0 radical (unpaired) electrons. The predicted octanol–water partition coefficient (Wildman–Crippen LogP) is 1.68. The molecule has 1 N–H and O–H groups in total. The van der Waals surface area contributed by atoms with Crippen LogP contribution in [0.3, 0.4) is 0 Å². The van der Waals surface area contributed by atoms with E-state index in [0.29, 0.717) is 17.8 Å². The minimum Gasteiger partial charge on any atom is -0.346 e. The fourth-order valence-electron chi connectivity index (χ4n) is 2.25. The molecule has 0 spiro atoms. The third kappa shape index (κ3) is 3.50. The second-order valence-corrected chi connectivity index (χ2v) is 5.65. The van der Waals surface area contributed by atoms with Crippen LogP contribution in [0.5, 0.6) is 0 Å². The number of hydrogen-bond acceptors (Lipinski definition) is 5. The van der Waals surface area contributed by atoms with Gasteiger partial charge in [0.15, 0.2) is 0 Å². The van der Waals surface area contributed by atoms with Gasteiger partial charge in [-0.2, -0.15) is 15.0 Å². The van der Waals surface area contributed by atoms with E-state index < -0.39 is 0 Å². The SMILES string of the molecule is CC(C)C(Cn1nccn1)NC(=O)c1cnc2ccccc2n1. The number of nitrogens with zero attached hydrogens (tertiary/aromatic N) is 5. The second kappa shape index (κ2) is 6.51. The number of amides is 1. The van der Waals surface area contributed by atoms with Crippen LogP contribution in [0.15, 0.2) is 42.9 Å². The van der Waals surface area contributed by atoms with Crippen molar-refractivity contribution in [2.45, 2.75) is 26.4 Å². The number of aromatic nitrogens is 5. The average Bonchev–Trinajstić information content (AvgIpc) is 3.06. The molecule has 1 aromatic carbocycles. The molecule has 0 bridgehead atoms. The number of hydrogen-bond donors (Lipinski definition) is 1. The standard InChI is InChI=1S/C16H18N6O/c1-11(2)15(10-22-18-7-8-19-22)21-16(23)14-9-17-12-5-3-4-6-13(12)20-14/h3-9,11,15H,10H2,1-2H3,(H,21,23). The molecule has 0 aliphatic carbocycles. The fraction of sp³-hybridized carbons (Fsp3) is 0.312. The summed E-state index contributed by atoms with van der Waals surface area (Å²) in [4.78, 5) is 22.7. The van der Waals surface area contributed by atoms with Crippen molar-refractivity contribution in [3.63, 3.8) is 0 Å². The minimum atomic E-state index is -0.242. The van der Waals surface area contributed by atoms with Gasteiger partial charge >= 0.3 is 0 Å². The number of carbonyl (C=O) groups excluding carboxylic acids is 1. The summed E-state index contributed by atoms with van der Waals surface area (Å²) in [6.07, 6.45) is 4.74. The van der Waals surface area contributed by atoms with E-state index >= 15 is 0 Å². The molecule has 0 saturated heterocycles. The highest BCUT2D eigenvalue weighted by Gasteiger charge is 2.19. The Morgan fingerprint density at radius 2 is 1.87 bits per heavy atom. The maximum atomic E-state index is 12.5. The summed E-state index contributed by atoms with van der Waals surface area (Å²) in [6, 6.07) is 7.38. The number of benzene rings is 1. The zero-order valence-corrected chi connectivity index (χ0v) is 13.0. The minimum absolute atomic E-state index is 0.0943. The Hall–Kier alpha value is -2.83. The van der Waals surface area contributed by atoms with Crippen LogP contribution in [0.25, 0.3) is 11.0 Å². The molecule has 118 valence electrons. The largest absolute Gasteiger partial charge is 0.346 e. The lowest BCUT2D eigenvalue weighted by Crippen LogP contribution is -2.42. The summed E-state index contributed by atoms with van der Waals surface area (Å²) in [5.74, 6) is -0.00697. The Balaban J connectivity index is 1.77. The Kier molecular flexibility index (Phi) is 4.27. The third-order valence-electron chi connectivity index (χ3n) is 3.63. The average molecular weight is 310 g/mol. The van der Waals surface area contributed by atoms with Crippen molar-refractivity contribution < 1.29 is 4.79 Å². The monoisotopic (exact) mass is 310 g/mol. The second-order valence-electron chi connectivity index (χ2n) is 5.65. The van der Waals surface area contributed by atoms with E-state index in [1.807, 2.05) is 38.1 Å². The lowest BCUT2D eigenvalue weighted by atomic mass is 10.0. The Bertz CT molecular complexity index is 799. The molecular formula is C16H18N6O. The molecule has 0 saturated carbocycles. The fourth-order valence-corrected chi connectivity index (χ4v) is 2.25. The third-order valence-corrected chi connectivity index (χ3v) is 3.63. The summed E-state index contributed by atoms with van der Waals surface area (Å²) in [7, 11) is 0. The van der Waals surface area contributed by atoms with Crippen molar-refractivity contribution in [1.29, 1.82) is 0 Å². The summed E-state index contributed by atoms with van der Waals surface area (Å²) < 4.78 is 0. The van der Waals surface area contributed by atoms with Gasteiger partial charge in [0.2, 0.25) is 0 Å². The molecule has 1 atom stereocenters. The van der Waals surface area contributed by atoms with Crippen molar-refractivity contribution >= 4 is 16.9 Å². The molecule has 1 amide bonds. The van der Waals surface area contributed by atoms with Crippen LogP contribution in [0.4, 0.5) is 0 Å². The van der Waals surface area contributed by atoms with Gasteiger partial charge in [-0.1, -0.05) is 26.0 Å². The maximum absolute atomic E-state index is 12.5. The van der Waals surface area contributed by atoms with Crippen LogP contribution in [0, 0.1) is 5.92 Å². The van der Waals surface area contributed by atoms with Gasteiger partial charge in [0.05, 0.1) is 42.2 Å². The van der Waals surface area contributed by atoms with Crippen molar-refractivity contribution in [1.82, 2.24) is 30.3 Å². The van der Waals surface area contributed by atoms with Gasteiger partial charge in [0.25, 0.3) is 5.91 Å². The molecule has 3 aromatic rings. The molecule has 7 heteroatoms. The Morgan fingerprint density at radius 3 is 2.57 bits per heavy atom. The molecule has 3 rings (SSSR count). The molecule has 2 aromatic heterocycles. The Labute approximate surface area is 133 Å². The summed E-state index contributed by atoms with van der Waals surface area (Å²) in [5, 5.41) is 11.2. The van der Waals surface area contributed by atoms with E-state index in [1.54, 1.807) is 17.2 Å². The van der Waals surface area contributed by atoms with Gasteiger partial charge in [-0.3, -0.25) is 9.78 Å². The highest BCUT2D eigenvalue weighted by molar-refractivity contribution is 5.93. The topological polar surface area (TPSA) is 85.6 Å². The van der Waals surface area contributed by atoms with Crippen LogP contribution in [0.1, 0.15) is 24.3 Å². The van der Waals surface area contributed by atoms with Crippen molar-refractivity contribution in [2.24, 2.45) is 5.92 Å². The summed E-state index contributed by atoms with van der Waals surface area (Å²) in [5.41, 5.74) is 1.78. The zero-order chi connectivity index (χ0) is 16.2. The van der Waals surface area contributed by atoms with Gasteiger partial charge in [0, 0.05) is 0 Å². The quantitative estimate of drug-likeness (QED) is 0.775. The van der Waals surface area contributed by atoms with Crippen LogP contribution in [-0.2, 0) is 6.54 Å². The van der Waals surface area contributed by atoms with Gasteiger partial charge in [-0.15, -0.1) is 0 Å². The summed E-state index contributed by atoms with van der Waals surface area (Å²) in [6.45, 7) is 4.60. The lowest BCUT2D eigenvalue weighted by molar-refractivity contribution is 0.0912. The van der Waals surface area contributed by atoms with Crippen LogP contribution in [-0.4, -0.2) is 36.9 Å². The van der Waals surface area contributed by atoms with E-state index in [1.165, 1.54) is 6.20 Å². The molecule has 0 aliphatic rings. The van der Waals surface area contributed by atoms with Crippen molar-refractivity contribution in [2.75, 3.05) is 0 Å². The molecule has 23 heavy (non-hydrogen) atoms. The van der Waals surface area contributed by atoms with Crippen molar-refractivity contribution in [3.05, 3.63) is 48.5 Å². The normalized spacial score (nSPS) is 12.5. The van der Waals surface area contributed by atoms with Crippen LogP contribution in [0.2, 0.25) is 0 Å². The smallest absolute Gasteiger partial charge is 0.271 e. The van der Waals surface area contributed by atoms with E-state index in [9.17, 15) is 4.79 Å². The molecule has 0 aliphatic heterocycles. The predicted molar refractivity (Wildman–Crippen MR) is 85.7 cm³/mol. The maximum Gasteiger partial charge on any atom is 0.271 e. The van der Waals surface area contributed by atoms with Gasteiger partial charge in [-0.25, -0.2) is 4.98 Å². The number of nitrogens with one attached hydrogen (secondary N) is 1. The first-order valence-corrected chi connectivity index (χ1v) is 7.50. The zero-order valence-electron chi connectivity index (χ0n) is 13.0. The Morgan fingerprint density at radius 1 is 1.17 bits per heavy atom. The number of carbonyl (C=O) groups is 1. The van der Waals surface area contributed by atoms with Gasteiger partial charge < -0.3 is 5.32 Å². The lowest BCUT2D eigenvalue weighted by Gasteiger charge is -2.21. The molecule has 2 heterocycles. The van der Waals surface area contributed by atoms with E-state index in [2.05, 4.69) is 25.5 Å². The van der Waals surface area contributed by atoms with Crippen LogP contribution >= 0.6 is 0 Å². The number of para-hydroxylation sites is 2. The number of rotatable bonds is 5. The van der Waals surface area contributed by atoms with Crippen molar-refractivity contribution in [3.8, 4) is 0 Å². The van der Waals surface area contributed by atoms with Crippen LogP contribution < -0.4 is 5.32 Å². The first-order valence-electron chi connectivity index (χ1n) is 7.50. The molecule has 1 unspecified atom stereocenters. The van der Waals surface area contributed by atoms with E-state index in [-0.39, 0.29) is 17.9 Å². The van der Waals surface area contributed by atoms with E-state index in [4.69, 9.17) is 0 Å². The van der Waals surface area contributed by atoms with Gasteiger partial charge in [-0.05, 0) is 18.1 Å². The van der Waals surface area contributed by atoms with E-state index in [0.717, 1.165) is 5.52 Å². The highest BCUT2D eigenvalue weighted by Crippen LogP contribution is 2.10. The summed E-state index contributed by atoms with van der Waals surface area (Å²) >= 11 is 0. The molecule has 7 nitrogen and oxygen atoms in total. The first-order chi connectivity index (χ1) is 11.1. The first kappa shape index (κ1) is 15.1. The highest BCUT2D eigenvalue weighted by atomic mass is 16.2. The number of fused-ring (bicyclic) bond motifs is 1.